The van der Waals surface area contributed by atoms with E-state index in [1.54, 1.807) is 6.26 Å². The van der Waals surface area contributed by atoms with E-state index in [0.29, 0.717) is 9.59 Å². The topological polar surface area (TPSA) is 125 Å². The fourth-order valence-corrected chi connectivity index (χ4v) is 2.34. The van der Waals surface area contributed by atoms with E-state index in [2.05, 4.69) is 4.98 Å². The third-order valence-electron chi connectivity index (χ3n) is 2.93. The van der Waals surface area contributed by atoms with Crippen molar-refractivity contribution in [1.29, 1.82) is 0 Å². The lowest BCUT2D eigenvalue weighted by atomic mass is 10.1. The lowest BCUT2D eigenvalue weighted by molar-refractivity contribution is -0.0566. The van der Waals surface area contributed by atoms with Gasteiger partial charge in [0.2, 0.25) is 0 Å². The number of rotatable bonds is 3. The number of aliphatic hydroxyl groups excluding tert-OH is 3. The summed E-state index contributed by atoms with van der Waals surface area (Å²) in [6.45, 7) is -0.524. The minimum absolute atomic E-state index is 0.387. The van der Waals surface area contributed by atoms with Gasteiger partial charge in [-0.15, -0.1) is 11.8 Å². The average Bonchev–Trinajstić information content (AvgIpc) is 2.66. The third-order valence-corrected chi connectivity index (χ3v) is 3.59. The van der Waals surface area contributed by atoms with Crippen LogP contribution in [0.3, 0.4) is 0 Å². The van der Waals surface area contributed by atoms with Crippen LogP contribution in [-0.2, 0) is 4.74 Å². The normalized spacial score (nSPS) is 30.7. The van der Waals surface area contributed by atoms with E-state index in [1.807, 2.05) is 0 Å². The number of aliphatic hydroxyl groups is 3. The molecular weight excluding hydrogens is 276 g/mol. The number of aromatic amines is 1. The molecule has 106 valence electrons. The Morgan fingerprint density at radius 1 is 1.42 bits per heavy atom. The first-order valence-corrected chi connectivity index (χ1v) is 6.74. The van der Waals surface area contributed by atoms with Crippen molar-refractivity contribution in [2.45, 2.75) is 29.6 Å². The first-order chi connectivity index (χ1) is 8.99. The molecule has 2 rings (SSSR count). The third kappa shape index (κ3) is 2.47. The second-order valence-corrected chi connectivity index (χ2v) is 4.93. The molecule has 8 nitrogen and oxygen atoms in total. The van der Waals surface area contributed by atoms with E-state index < -0.39 is 42.4 Å². The summed E-state index contributed by atoms with van der Waals surface area (Å²) in [6, 6.07) is 1.20. The molecular formula is C10H14N2O6S. The van der Waals surface area contributed by atoms with Gasteiger partial charge in [-0.3, -0.25) is 4.79 Å². The van der Waals surface area contributed by atoms with Crippen molar-refractivity contribution in [3.63, 3.8) is 0 Å². The highest BCUT2D eigenvalue weighted by Gasteiger charge is 2.44. The molecule has 4 atom stereocenters. The van der Waals surface area contributed by atoms with E-state index in [1.165, 1.54) is 17.8 Å². The Labute approximate surface area is 111 Å². The van der Waals surface area contributed by atoms with Crippen LogP contribution >= 0.6 is 11.8 Å². The zero-order valence-electron chi connectivity index (χ0n) is 10.0. The maximum Gasteiger partial charge on any atom is 0.331 e. The summed E-state index contributed by atoms with van der Waals surface area (Å²) in [5.41, 5.74) is -1.39. The molecule has 1 aromatic heterocycles. The van der Waals surface area contributed by atoms with E-state index in [9.17, 15) is 19.8 Å². The average molecular weight is 290 g/mol. The van der Waals surface area contributed by atoms with Gasteiger partial charge in [0.05, 0.1) is 11.6 Å². The van der Waals surface area contributed by atoms with Crippen LogP contribution < -0.4 is 11.2 Å². The summed E-state index contributed by atoms with van der Waals surface area (Å²) in [5.74, 6) is 0. The highest BCUT2D eigenvalue weighted by atomic mass is 32.2. The summed E-state index contributed by atoms with van der Waals surface area (Å²) < 4.78 is 5.83. The van der Waals surface area contributed by atoms with Gasteiger partial charge in [0.15, 0.2) is 6.23 Å². The first-order valence-electron chi connectivity index (χ1n) is 5.52. The maximum atomic E-state index is 11.8. The molecule has 0 aliphatic carbocycles. The van der Waals surface area contributed by atoms with Crippen molar-refractivity contribution in [2.75, 3.05) is 12.9 Å². The molecule has 0 spiro atoms. The van der Waals surface area contributed by atoms with Crippen molar-refractivity contribution in [1.82, 2.24) is 9.55 Å². The minimum atomic E-state index is -1.46. The number of nitrogens with one attached hydrogen (secondary N) is 1. The highest BCUT2D eigenvalue weighted by molar-refractivity contribution is 7.98. The molecule has 0 radical (unpaired) electrons. The zero-order valence-corrected chi connectivity index (χ0v) is 10.8. The van der Waals surface area contributed by atoms with Gasteiger partial charge in [0.1, 0.15) is 18.3 Å². The van der Waals surface area contributed by atoms with Gasteiger partial charge < -0.3 is 25.0 Å². The highest BCUT2D eigenvalue weighted by Crippen LogP contribution is 2.27. The fraction of sp³-hybridized carbons (Fsp3) is 0.600. The molecule has 1 aromatic rings. The molecule has 0 unspecified atom stereocenters. The SMILES string of the molecule is CSc1cc(=O)n([C@H]2O[C@@H](CO)[C@@H](O)[C@@H]2O)c(=O)[nH]1. The van der Waals surface area contributed by atoms with Gasteiger partial charge in [-0.2, -0.15) is 0 Å². The van der Waals surface area contributed by atoms with Crippen LogP contribution in [0.25, 0.3) is 0 Å². The Hall–Kier alpha value is -1.13. The van der Waals surface area contributed by atoms with Crippen LogP contribution in [0.5, 0.6) is 0 Å². The van der Waals surface area contributed by atoms with Gasteiger partial charge in [0, 0.05) is 6.07 Å². The molecule has 4 N–H and O–H groups in total. The fourth-order valence-electron chi connectivity index (χ4n) is 1.93. The predicted molar refractivity (Wildman–Crippen MR) is 66.1 cm³/mol. The number of ether oxygens (including phenoxy) is 1. The van der Waals surface area contributed by atoms with Crippen molar-refractivity contribution < 1.29 is 20.1 Å². The molecule has 0 amide bonds. The number of H-pyrrole nitrogens is 1. The lowest BCUT2D eigenvalue weighted by Gasteiger charge is -2.16. The molecule has 19 heavy (non-hydrogen) atoms. The van der Waals surface area contributed by atoms with Gasteiger partial charge in [-0.25, -0.2) is 9.36 Å². The van der Waals surface area contributed by atoms with E-state index in [4.69, 9.17) is 9.84 Å². The minimum Gasteiger partial charge on any atom is -0.394 e. The van der Waals surface area contributed by atoms with Crippen molar-refractivity contribution >= 4 is 11.8 Å². The predicted octanol–water partition coefficient (Wildman–Crippen LogP) is -2.13. The molecule has 2 heterocycles. The van der Waals surface area contributed by atoms with Crippen LogP contribution in [0.1, 0.15) is 6.23 Å². The van der Waals surface area contributed by atoms with Crippen LogP contribution in [0.2, 0.25) is 0 Å². The molecule has 0 saturated carbocycles. The molecule has 0 aromatic carbocycles. The summed E-state index contributed by atoms with van der Waals surface area (Å²) in [4.78, 5) is 26.1. The van der Waals surface area contributed by atoms with Gasteiger partial charge in [0.25, 0.3) is 5.56 Å². The second kappa shape index (κ2) is 5.47. The molecule has 0 bridgehead atoms. The van der Waals surface area contributed by atoms with E-state index >= 15 is 0 Å². The molecule has 1 saturated heterocycles. The van der Waals surface area contributed by atoms with Crippen LogP contribution in [0.15, 0.2) is 20.7 Å². The van der Waals surface area contributed by atoms with Crippen molar-refractivity contribution in [3.8, 4) is 0 Å². The number of hydrogen-bond donors (Lipinski definition) is 4. The smallest absolute Gasteiger partial charge is 0.331 e. The lowest BCUT2D eigenvalue weighted by Crippen LogP contribution is -2.42. The van der Waals surface area contributed by atoms with Crippen molar-refractivity contribution in [3.05, 3.63) is 26.9 Å². The summed E-state index contributed by atoms with van der Waals surface area (Å²) >= 11 is 1.19. The number of thioether (sulfide) groups is 1. The summed E-state index contributed by atoms with van der Waals surface area (Å²) in [5, 5.41) is 28.7. The first kappa shape index (κ1) is 14.3. The van der Waals surface area contributed by atoms with Gasteiger partial charge in [-0.1, -0.05) is 0 Å². The largest absolute Gasteiger partial charge is 0.394 e. The monoisotopic (exact) mass is 290 g/mol. The standard InChI is InChI=1S/C10H14N2O6S/c1-19-5-2-6(14)12(10(17)11-5)9-8(16)7(15)4(3-13)18-9/h2,4,7-9,13,15-16H,3H2,1H3,(H,11,17)/t4-,7+,8-,9-/m0/s1. The van der Waals surface area contributed by atoms with E-state index in [0.717, 1.165) is 0 Å². The van der Waals surface area contributed by atoms with Crippen LogP contribution in [-0.4, -0.2) is 56.0 Å². The molecule has 1 aliphatic rings. The Morgan fingerprint density at radius 3 is 2.58 bits per heavy atom. The summed E-state index contributed by atoms with van der Waals surface area (Å²) in [7, 11) is 0. The molecule has 9 heteroatoms. The van der Waals surface area contributed by atoms with Gasteiger partial charge in [-0.05, 0) is 6.26 Å². The zero-order chi connectivity index (χ0) is 14.2. The molecule has 1 aliphatic heterocycles. The number of nitrogens with zero attached hydrogens (tertiary/aromatic N) is 1. The quantitative estimate of drug-likeness (QED) is 0.370. The van der Waals surface area contributed by atoms with Crippen molar-refractivity contribution in [2.24, 2.45) is 0 Å². The maximum absolute atomic E-state index is 11.8. The van der Waals surface area contributed by atoms with Crippen LogP contribution in [0.4, 0.5) is 0 Å². The Morgan fingerprint density at radius 2 is 2.11 bits per heavy atom. The van der Waals surface area contributed by atoms with Gasteiger partial charge >= 0.3 is 5.69 Å². The van der Waals surface area contributed by atoms with E-state index in [-0.39, 0.29) is 0 Å². The Bertz CT molecular complexity index is 539. The number of aromatic nitrogens is 2. The summed E-state index contributed by atoms with van der Waals surface area (Å²) in [6.07, 6.45) is -3.48. The second-order valence-electron chi connectivity index (χ2n) is 4.08. The number of hydrogen-bond acceptors (Lipinski definition) is 7. The van der Waals surface area contributed by atoms with Crippen LogP contribution in [0, 0.1) is 0 Å². The Balaban J connectivity index is 2.44. The Kier molecular flexibility index (Phi) is 4.11. The molecule has 1 fully saturated rings.